The fraction of sp³-hybridized carbons (Fsp3) is 0.533. The first kappa shape index (κ1) is 20.8. The molecule has 0 spiro atoms. The second kappa shape index (κ2) is 12.3. The van der Waals surface area contributed by atoms with Crippen LogP contribution in [0.1, 0.15) is 32.6 Å². The number of unbranched alkanes of at least 4 members (excludes halogenated alkanes) is 1. The van der Waals surface area contributed by atoms with E-state index in [1.54, 1.807) is 0 Å². The Morgan fingerprint density at radius 2 is 2.10 bits per heavy atom. The minimum atomic E-state index is -0.352. The van der Waals surface area contributed by atoms with Gasteiger partial charge < -0.3 is 11.1 Å². The van der Waals surface area contributed by atoms with Crippen LogP contribution in [0.2, 0.25) is 0 Å². The molecule has 1 unspecified atom stereocenters. The number of hydrogen-bond acceptors (Lipinski definition) is 3. The first-order chi connectivity index (χ1) is 9.65. The Labute approximate surface area is 146 Å². The van der Waals surface area contributed by atoms with E-state index >= 15 is 0 Å². The SMILES string of the molecule is CCCC(N)C(=O)NCCCCSc1ccccc1Br.Cl. The number of hydrogen-bond donors (Lipinski definition) is 2. The number of nitrogens with two attached hydrogens (primary N) is 1. The van der Waals surface area contributed by atoms with E-state index in [0.717, 1.165) is 35.9 Å². The van der Waals surface area contributed by atoms with E-state index in [-0.39, 0.29) is 24.4 Å². The summed E-state index contributed by atoms with van der Waals surface area (Å²) >= 11 is 5.37. The fourth-order valence-electron chi connectivity index (χ4n) is 1.76. The van der Waals surface area contributed by atoms with Crippen molar-refractivity contribution >= 4 is 46.0 Å². The van der Waals surface area contributed by atoms with Crippen molar-refractivity contribution in [1.82, 2.24) is 5.32 Å². The summed E-state index contributed by atoms with van der Waals surface area (Å²) in [6.07, 6.45) is 3.76. The van der Waals surface area contributed by atoms with Gasteiger partial charge in [0.05, 0.1) is 6.04 Å². The molecule has 3 nitrogen and oxygen atoms in total. The molecule has 3 N–H and O–H groups in total. The van der Waals surface area contributed by atoms with Crippen LogP contribution in [-0.4, -0.2) is 24.2 Å². The highest BCUT2D eigenvalue weighted by Crippen LogP contribution is 2.27. The van der Waals surface area contributed by atoms with E-state index in [1.165, 1.54) is 4.90 Å². The Hall–Kier alpha value is -0.230. The summed E-state index contributed by atoms with van der Waals surface area (Å²) in [5.41, 5.74) is 5.74. The van der Waals surface area contributed by atoms with Gasteiger partial charge in [0.1, 0.15) is 0 Å². The smallest absolute Gasteiger partial charge is 0.236 e. The van der Waals surface area contributed by atoms with E-state index in [1.807, 2.05) is 30.8 Å². The molecule has 0 bridgehead atoms. The summed E-state index contributed by atoms with van der Waals surface area (Å²) in [6.45, 7) is 2.75. The second-order valence-electron chi connectivity index (χ2n) is 4.67. The monoisotopic (exact) mass is 394 g/mol. The Morgan fingerprint density at radius 1 is 1.38 bits per heavy atom. The number of carbonyl (C=O) groups excluding carboxylic acids is 1. The third-order valence-corrected chi connectivity index (χ3v) is 5.01. The van der Waals surface area contributed by atoms with Crippen LogP contribution in [0, 0.1) is 0 Å². The highest BCUT2D eigenvalue weighted by atomic mass is 79.9. The minimum Gasteiger partial charge on any atom is -0.355 e. The minimum absolute atomic E-state index is 0. The largest absolute Gasteiger partial charge is 0.355 e. The quantitative estimate of drug-likeness (QED) is 0.491. The molecule has 1 atom stereocenters. The average molecular weight is 396 g/mol. The summed E-state index contributed by atoms with van der Waals surface area (Å²) in [5, 5.41) is 2.89. The average Bonchev–Trinajstić information content (AvgIpc) is 2.44. The molecule has 0 aliphatic heterocycles. The lowest BCUT2D eigenvalue weighted by Gasteiger charge is -2.11. The van der Waals surface area contributed by atoms with Crippen molar-refractivity contribution < 1.29 is 4.79 Å². The van der Waals surface area contributed by atoms with E-state index < -0.39 is 0 Å². The Morgan fingerprint density at radius 3 is 2.76 bits per heavy atom. The molecule has 6 heteroatoms. The number of rotatable bonds is 9. The van der Waals surface area contributed by atoms with Crippen LogP contribution < -0.4 is 11.1 Å². The molecule has 1 rings (SSSR count). The number of carbonyl (C=O) groups is 1. The van der Waals surface area contributed by atoms with E-state index in [0.29, 0.717) is 6.54 Å². The maximum atomic E-state index is 11.6. The maximum Gasteiger partial charge on any atom is 0.236 e. The van der Waals surface area contributed by atoms with Gasteiger partial charge in [-0.1, -0.05) is 25.5 Å². The van der Waals surface area contributed by atoms with Crippen molar-refractivity contribution in [1.29, 1.82) is 0 Å². The zero-order valence-electron chi connectivity index (χ0n) is 12.3. The van der Waals surface area contributed by atoms with Crippen LogP contribution in [0.5, 0.6) is 0 Å². The summed E-state index contributed by atoms with van der Waals surface area (Å²) in [4.78, 5) is 12.8. The van der Waals surface area contributed by atoms with Crippen molar-refractivity contribution in [2.45, 2.75) is 43.5 Å². The highest BCUT2D eigenvalue weighted by molar-refractivity contribution is 9.10. The first-order valence-corrected chi connectivity index (χ1v) is 8.83. The van der Waals surface area contributed by atoms with Crippen molar-refractivity contribution in [3.63, 3.8) is 0 Å². The predicted octanol–water partition coefficient (Wildman–Crippen LogP) is 3.99. The summed E-state index contributed by atoms with van der Waals surface area (Å²) in [5.74, 6) is 1.03. The van der Waals surface area contributed by atoms with Crippen molar-refractivity contribution in [3.8, 4) is 0 Å². The van der Waals surface area contributed by atoms with Crippen LogP contribution in [0.25, 0.3) is 0 Å². The van der Waals surface area contributed by atoms with Gasteiger partial charge in [0.25, 0.3) is 0 Å². The molecule has 21 heavy (non-hydrogen) atoms. The standard InChI is InChI=1S/C15H23BrN2OS.ClH/c1-2-7-13(17)15(19)18-10-5-6-11-20-14-9-4-3-8-12(14)16;/h3-4,8-9,13H,2,5-7,10-11,17H2,1H3,(H,18,19);1H. The number of halogens is 2. The third-order valence-electron chi connectivity index (χ3n) is 2.90. The van der Waals surface area contributed by atoms with E-state index in [9.17, 15) is 4.79 Å². The molecule has 120 valence electrons. The molecule has 0 radical (unpaired) electrons. The number of thioether (sulfide) groups is 1. The lowest BCUT2D eigenvalue weighted by molar-refractivity contribution is -0.122. The molecule has 0 heterocycles. The summed E-state index contributed by atoms with van der Waals surface area (Å²) < 4.78 is 1.14. The van der Waals surface area contributed by atoms with Gasteiger partial charge in [0.15, 0.2) is 0 Å². The Balaban J connectivity index is 0.00000400. The molecule has 0 fully saturated rings. The molecular formula is C15H24BrClN2OS. The Kier molecular flexibility index (Phi) is 12.2. The number of amides is 1. The van der Waals surface area contributed by atoms with Crippen molar-refractivity contribution in [3.05, 3.63) is 28.7 Å². The molecule has 1 amide bonds. The molecule has 0 aliphatic carbocycles. The molecule has 1 aromatic rings. The molecule has 0 aromatic heterocycles. The second-order valence-corrected chi connectivity index (χ2v) is 6.66. The number of nitrogens with one attached hydrogen (secondary N) is 1. The molecule has 0 saturated carbocycles. The lowest BCUT2D eigenvalue weighted by atomic mass is 10.1. The first-order valence-electron chi connectivity index (χ1n) is 7.05. The van der Waals surface area contributed by atoms with E-state index in [2.05, 4.69) is 33.4 Å². The fourth-order valence-corrected chi connectivity index (χ4v) is 3.33. The predicted molar refractivity (Wildman–Crippen MR) is 97.2 cm³/mol. The van der Waals surface area contributed by atoms with Gasteiger partial charge in [0.2, 0.25) is 5.91 Å². The van der Waals surface area contributed by atoms with Gasteiger partial charge in [-0.3, -0.25) is 4.79 Å². The van der Waals surface area contributed by atoms with Crippen LogP contribution in [0.3, 0.4) is 0 Å². The van der Waals surface area contributed by atoms with Gasteiger partial charge >= 0.3 is 0 Å². The molecule has 1 aromatic carbocycles. The van der Waals surface area contributed by atoms with Crippen LogP contribution in [-0.2, 0) is 4.79 Å². The maximum absolute atomic E-state index is 11.6. The third kappa shape index (κ3) is 8.71. The zero-order chi connectivity index (χ0) is 14.8. The van der Waals surface area contributed by atoms with Gasteiger partial charge in [-0.2, -0.15) is 0 Å². The summed E-state index contributed by atoms with van der Waals surface area (Å²) in [6, 6.07) is 7.87. The number of benzene rings is 1. The van der Waals surface area contributed by atoms with E-state index in [4.69, 9.17) is 5.73 Å². The normalized spacial score (nSPS) is 11.6. The van der Waals surface area contributed by atoms with Crippen LogP contribution >= 0.6 is 40.1 Å². The van der Waals surface area contributed by atoms with Gasteiger partial charge in [-0.05, 0) is 53.1 Å². The van der Waals surface area contributed by atoms with Crippen molar-refractivity contribution in [2.75, 3.05) is 12.3 Å². The van der Waals surface area contributed by atoms with Gasteiger partial charge in [0, 0.05) is 15.9 Å². The topological polar surface area (TPSA) is 55.1 Å². The lowest BCUT2D eigenvalue weighted by Crippen LogP contribution is -2.40. The van der Waals surface area contributed by atoms with Gasteiger partial charge in [-0.25, -0.2) is 0 Å². The molecule has 0 saturated heterocycles. The molecule has 0 aliphatic rings. The summed E-state index contributed by atoms with van der Waals surface area (Å²) in [7, 11) is 0. The van der Waals surface area contributed by atoms with Crippen LogP contribution in [0.4, 0.5) is 0 Å². The highest BCUT2D eigenvalue weighted by Gasteiger charge is 2.10. The Bertz CT molecular complexity index is 420. The van der Waals surface area contributed by atoms with Gasteiger partial charge in [-0.15, -0.1) is 24.2 Å². The molecular weight excluding hydrogens is 372 g/mol. The van der Waals surface area contributed by atoms with Crippen molar-refractivity contribution in [2.24, 2.45) is 5.73 Å². The van der Waals surface area contributed by atoms with Crippen LogP contribution in [0.15, 0.2) is 33.6 Å². The zero-order valence-corrected chi connectivity index (χ0v) is 15.5.